The summed E-state index contributed by atoms with van der Waals surface area (Å²) in [5.74, 6) is 0.806. The summed E-state index contributed by atoms with van der Waals surface area (Å²) < 4.78 is 0. The molecule has 112 valence electrons. The van der Waals surface area contributed by atoms with Gasteiger partial charge in [-0.25, -0.2) is 4.98 Å². The predicted molar refractivity (Wildman–Crippen MR) is 83.4 cm³/mol. The third kappa shape index (κ3) is 4.17. The SMILES string of the molecule is Cc1nc(CN2CCN(C(=O)CCCCl)CC2)sc1C. The normalized spacial score (nSPS) is 16.6. The molecule has 1 fully saturated rings. The zero-order valence-corrected chi connectivity index (χ0v) is 13.8. The minimum Gasteiger partial charge on any atom is -0.340 e. The van der Waals surface area contributed by atoms with Gasteiger partial charge in [-0.05, 0) is 20.3 Å². The number of alkyl halides is 1. The molecular weight excluding hydrogens is 294 g/mol. The first-order valence-electron chi connectivity index (χ1n) is 7.09. The Morgan fingerprint density at radius 3 is 2.55 bits per heavy atom. The van der Waals surface area contributed by atoms with E-state index < -0.39 is 0 Å². The molecule has 1 saturated heterocycles. The molecule has 1 amide bonds. The zero-order chi connectivity index (χ0) is 14.5. The number of carbonyl (C=O) groups excluding carboxylic acids is 1. The van der Waals surface area contributed by atoms with Crippen molar-refractivity contribution in [2.45, 2.75) is 33.2 Å². The van der Waals surface area contributed by atoms with Gasteiger partial charge in [-0.1, -0.05) is 0 Å². The summed E-state index contributed by atoms with van der Waals surface area (Å²) in [5.41, 5.74) is 1.14. The van der Waals surface area contributed by atoms with Crippen LogP contribution < -0.4 is 0 Å². The number of aryl methyl sites for hydroxylation is 2. The molecule has 0 saturated carbocycles. The van der Waals surface area contributed by atoms with Crippen molar-refractivity contribution in [1.82, 2.24) is 14.8 Å². The first-order chi connectivity index (χ1) is 9.60. The van der Waals surface area contributed by atoms with Gasteiger partial charge in [0.05, 0.1) is 12.2 Å². The van der Waals surface area contributed by atoms with E-state index in [4.69, 9.17) is 11.6 Å². The van der Waals surface area contributed by atoms with Crippen LogP contribution in [0.2, 0.25) is 0 Å². The maximum atomic E-state index is 11.9. The Bertz CT molecular complexity index is 436. The van der Waals surface area contributed by atoms with Gasteiger partial charge in [0.15, 0.2) is 0 Å². The van der Waals surface area contributed by atoms with Crippen molar-refractivity contribution < 1.29 is 4.79 Å². The lowest BCUT2D eigenvalue weighted by molar-refractivity contribution is -0.133. The Morgan fingerprint density at radius 1 is 1.30 bits per heavy atom. The number of halogens is 1. The van der Waals surface area contributed by atoms with Crippen molar-refractivity contribution in [2.24, 2.45) is 0 Å². The molecule has 0 unspecified atom stereocenters. The lowest BCUT2D eigenvalue weighted by Crippen LogP contribution is -2.48. The second-order valence-electron chi connectivity index (χ2n) is 5.20. The van der Waals surface area contributed by atoms with Gasteiger partial charge in [0.1, 0.15) is 5.01 Å². The summed E-state index contributed by atoms with van der Waals surface area (Å²) in [5, 5.41) is 1.18. The summed E-state index contributed by atoms with van der Waals surface area (Å²) in [6, 6.07) is 0. The lowest BCUT2D eigenvalue weighted by Gasteiger charge is -2.34. The number of nitrogens with zero attached hydrogens (tertiary/aromatic N) is 3. The molecule has 0 radical (unpaired) electrons. The Labute approximate surface area is 129 Å². The summed E-state index contributed by atoms with van der Waals surface area (Å²) in [6.07, 6.45) is 1.35. The van der Waals surface area contributed by atoms with Crippen molar-refractivity contribution in [3.63, 3.8) is 0 Å². The second-order valence-corrected chi connectivity index (χ2v) is 6.86. The number of thiazole rings is 1. The van der Waals surface area contributed by atoms with E-state index in [9.17, 15) is 4.79 Å². The maximum absolute atomic E-state index is 11.9. The van der Waals surface area contributed by atoms with E-state index in [2.05, 4.69) is 23.7 Å². The van der Waals surface area contributed by atoms with Crippen LogP contribution >= 0.6 is 22.9 Å². The fourth-order valence-electron chi connectivity index (χ4n) is 2.33. The molecule has 1 aromatic rings. The summed E-state index contributed by atoms with van der Waals surface area (Å²) >= 11 is 7.41. The average molecular weight is 316 g/mol. The predicted octanol–water partition coefficient (Wildman–Crippen LogP) is 2.42. The summed E-state index contributed by atoms with van der Waals surface area (Å²) in [6.45, 7) is 8.60. The van der Waals surface area contributed by atoms with Gasteiger partial charge >= 0.3 is 0 Å². The number of aromatic nitrogens is 1. The van der Waals surface area contributed by atoms with Crippen molar-refractivity contribution in [3.05, 3.63) is 15.6 Å². The van der Waals surface area contributed by atoms with E-state index in [0.717, 1.165) is 44.8 Å². The highest BCUT2D eigenvalue weighted by Gasteiger charge is 2.21. The van der Waals surface area contributed by atoms with Gasteiger partial charge in [0.25, 0.3) is 0 Å². The fourth-order valence-corrected chi connectivity index (χ4v) is 3.44. The number of hydrogen-bond donors (Lipinski definition) is 0. The highest BCUT2D eigenvalue weighted by molar-refractivity contribution is 7.11. The number of piperazine rings is 1. The van der Waals surface area contributed by atoms with E-state index in [1.54, 1.807) is 11.3 Å². The first kappa shape index (κ1) is 15.7. The summed E-state index contributed by atoms with van der Waals surface area (Å²) in [7, 11) is 0. The van der Waals surface area contributed by atoms with Crippen LogP contribution in [-0.2, 0) is 11.3 Å². The monoisotopic (exact) mass is 315 g/mol. The van der Waals surface area contributed by atoms with Crippen LogP contribution in [0.15, 0.2) is 0 Å². The Morgan fingerprint density at radius 2 is 2.00 bits per heavy atom. The molecule has 0 N–H and O–H groups in total. The van der Waals surface area contributed by atoms with Gasteiger partial charge in [-0.15, -0.1) is 22.9 Å². The standard InChI is InChI=1S/C14H22ClN3OS/c1-11-12(2)20-13(16-11)10-17-6-8-18(9-7-17)14(19)4-3-5-15/h3-10H2,1-2H3. The minimum atomic E-state index is 0.242. The molecule has 2 rings (SSSR count). The highest BCUT2D eigenvalue weighted by Crippen LogP contribution is 2.18. The highest BCUT2D eigenvalue weighted by atomic mass is 35.5. The quantitative estimate of drug-likeness (QED) is 0.783. The Balaban J connectivity index is 1.78. The van der Waals surface area contributed by atoms with Crippen LogP contribution in [0, 0.1) is 13.8 Å². The number of rotatable bonds is 5. The third-order valence-electron chi connectivity index (χ3n) is 3.68. The Kier molecular flexibility index (Phi) is 5.81. The molecule has 2 heterocycles. The molecule has 0 aromatic carbocycles. The zero-order valence-electron chi connectivity index (χ0n) is 12.2. The van der Waals surface area contributed by atoms with Gasteiger partial charge < -0.3 is 4.90 Å². The number of carbonyl (C=O) groups is 1. The Hall–Kier alpha value is -0.650. The van der Waals surface area contributed by atoms with E-state index in [1.807, 2.05) is 4.90 Å². The van der Waals surface area contributed by atoms with E-state index >= 15 is 0 Å². The van der Waals surface area contributed by atoms with Crippen molar-refractivity contribution in [2.75, 3.05) is 32.1 Å². The van der Waals surface area contributed by atoms with Gasteiger partial charge in [-0.3, -0.25) is 9.69 Å². The van der Waals surface area contributed by atoms with Crippen molar-refractivity contribution in [1.29, 1.82) is 0 Å². The van der Waals surface area contributed by atoms with Crippen molar-refractivity contribution in [3.8, 4) is 0 Å². The molecule has 0 bridgehead atoms. The van der Waals surface area contributed by atoms with Crippen LogP contribution in [0.3, 0.4) is 0 Å². The molecule has 0 spiro atoms. The maximum Gasteiger partial charge on any atom is 0.222 e. The van der Waals surface area contributed by atoms with E-state index in [-0.39, 0.29) is 5.91 Å². The van der Waals surface area contributed by atoms with Gasteiger partial charge in [0, 0.05) is 43.4 Å². The smallest absolute Gasteiger partial charge is 0.222 e. The van der Waals surface area contributed by atoms with Crippen LogP contribution in [0.4, 0.5) is 0 Å². The molecule has 0 aliphatic carbocycles. The molecule has 6 heteroatoms. The van der Waals surface area contributed by atoms with Gasteiger partial charge in [-0.2, -0.15) is 0 Å². The number of amides is 1. The topological polar surface area (TPSA) is 36.4 Å². The van der Waals surface area contributed by atoms with Crippen molar-refractivity contribution >= 4 is 28.8 Å². The molecule has 4 nitrogen and oxygen atoms in total. The fraction of sp³-hybridized carbons (Fsp3) is 0.714. The second kappa shape index (κ2) is 7.38. The van der Waals surface area contributed by atoms with Gasteiger partial charge in [0.2, 0.25) is 5.91 Å². The van der Waals surface area contributed by atoms with E-state index in [1.165, 1.54) is 9.88 Å². The lowest BCUT2D eigenvalue weighted by atomic mass is 10.2. The average Bonchev–Trinajstić information content (AvgIpc) is 2.75. The summed E-state index contributed by atoms with van der Waals surface area (Å²) in [4.78, 5) is 22.1. The first-order valence-corrected chi connectivity index (χ1v) is 8.44. The molecule has 20 heavy (non-hydrogen) atoms. The van der Waals surface area contributed by atoms with Crippen LogP contribution in [0.1, 0.15) is 28.4 Å². The molecular formula is C14H22ClN3OS. The largest absolute Gasteiger partial charge is 0.340 e. The molecule has 1 aliphatic rings. The third-order valence-corrected chi connectivity index (χ3v) is 5.01. The van der Waals surface area contributed by atoms with Crippen LogP contribution in [-0.4, -0.2) is 52.8 Å². The van der Waals surface area contributed by atoms with Crippen LogP contribution in [0.25, 0.3) is 0 Å². The molecule has 0 atom stereocenters. The van der Waals surface area contributed by atoms with Crippen LogP contribution in [0.5, 0.6) is 0 Å². The number of hydrogen-bond acceptors (Lipinski definition) is 4. The molecule has 1 aliphatic heterocycles. The minimum absolute atomic E-state index is 0.242. The molecule has 1 aromatic heterocycles. The van der Waals surface area contributed by atoms with E-state index in [0.29, 0.717) is 12.3 Å².